The fourth-order valence-electron chi connectivity index (χ4n) is 2.77. The number of halogens is 2. The summed E-state index contributed by atoms with van der Waals surface area (Å²) in [6, 6.07) is 5.92. The Labute approximate surface area is 142 Å². The van der Waals surface area contributed by atoms with Gasteiger partial charge in [-0.3, -0.25) is 0 Å². The first-order valence-electron chi connectivity index (χ1n) is 6.88. The number of aromatic hydroxyl groups is 2. The Balaban J connectivity index is 1.95. The molecule has 0 bridgehead atoms. The van der Waals surface area contributed by atoms with Gasteiger partial charge in [0.05, 0.1) is 5.02 Å². The number of hydrogen-bond acceptors (Lipinski definition) is 4. The van der Waals surface area contributed by atoms with E-state index in [4.69, 9.17) is 28.3 Å². The number of phenolic OH excluding ortho intramolecular Hbond substituents is 1. The molecule has 0 fully saturated rings. The Bertz CT molecular complexity index is 807. The first-order chi connectivity index (χ1) is 10.9. The third kappa shape index (κ3) is 2.78. The third-order valence-electron chi connectivity index (χ3n) is 3.98. The molecule has 2 aromatic carbocycles. The standard InChI is InChI=1S/C16H13Cl2NO4/c17-12-6-13(18)15(21)9-3-4-19(7-11(9)12)8-1-2-10(16(22)23)14(20)5-8/h1-2,5-6,20-21H,3-4,7H2,(H,22,23). The molecule has 120 valence electrons. The predicted molar refractivity (Wildman–Crippen MR) is 87.9 cm³/mol. The van der Waals surface area contributed by atoms with Gasteiger partial charge in [0, 0.05) is 35.4 Å². The summed E-state index contributed by atoms with van der Waals surface area (Å²) in [5.74, 6) is -1.42. The van der Waals surface area contributed by atoms with Crippen molar-refractivity contribution in [3.05, 3.63) is 51.0 Å². The second kappa shape index (κ2) is 5.83. The number of anilines is 1. The van der Waals surface area contributed by atoms with E-state index >= 15 is 0 Å². The minimum Gasteiger partial charge on any atom is -0.507 e. The molecule has 1 aliphatic rings. The minimum absolute atomic E-state index is 0.0507. The number of carbonyl (C=O) groups is 1. The summed E-state index contributed by atoms with van der Waals surface area (Å²) >= 11 is 12.2. The molecule has 0 atom stereocenters. The van der Waals surface area contributed by atoms with Crippen molar-refractivity contribution in [2.24, 2.45) is 0 Å². The summed E-state index contributed by atoms with van der Waals surface area (Å²) in [4.78, 5) is 12.9. The van der Waals surface area contributed by atoms with Crippen molar-refractivity contribution in [1.82, 2.24) is 0 Å². The van der Waals surface area contributed by atoms with Gasteiger partial charge in [0.2, 0.25) is 0 Å². The lowest BCUT2D eigenvalue weighted by Crippen LogP contribution is -2.30. The van der Waals surface area contributed by atoms with Gasteiger partial charge in [0.1, 0.15) is 17.1 Å². The molecule has 5 nitrogen and oxygen atoms in total. The summed E-state index contributed by atoms with van der Waals surface area (Å²) < 4.78 is 0. The molecule has 3 rings (SSSR count). The zero-order valence-electron chi connectivity index (χ0n) is 11.9. The van der Waals surface area contributed by atoms with Crippen LogP contribution in [0.5, 0.6) is 11.5 Å². The van der Waals surface area contributed by atoms with Crippen molar-refractivity contribution in [2.75, 3.05) is 11.4 Å². The van der Waals surface area contributed by atoms with Crippen LogP contribution in [0.15, 0.2) is 24.3 Å². The number of carboxylic acids is 1. The van der Waals surface area contributed by atoms with E-state index in [9.17, 15) is 15.0 Å². The van der Waals surface area contributed by atoms with Crippen LogP contribution in [0.3, 0.4) is 0 Å². The largest absolute Gasteiger partial charge is 0.507 e. The summed E-state index contributed by atoms with van der Waals surface area (Å²) in [7, 11) is 0. The lowest BCUT2D eigenvalue weighted by Gasteiger charge is -2.32. The summed E-state index contributed by atoms with van der Waals surface area (Å²) in [5, 5.41) is 29.5. The fraction of sp³-hybridized carbons (Fsp3) is 0.188. The van der Waals surface area contributed by atoms with Crippen LogP contribution in [0.25, 0.3) is 0 Å². The second-order valence-corrected chi connectivity index (χ2v) is 6.14. The Morgan fingerprint density at radius 1 is 1.09 bits per heavy atom. The van der Waals surface area contributed by atoms with Crippen molar-refractivity contribution >= 4 is 34.9 Å². The van der Waals surface area contributed by atoms with Crippen molar-refractivity contribution in [1.29, 1.82) is 0 Å². The van der Waals surface area contributed by atoms with Crippen molar-refractivity contribution in [2.45, 2.75) is 13.0 Å². The molecule has 0 aromatic heterocycles. The zero-order chi connectivity index (χ0) is 16.7. The molecule has 1 aliphatic heterocycles. The van der Waals surface area contributed by atoms with E-state index in [0.717, 1.165) is 11.1 Å². The Morgan fingerprint density at radius 3 is 2.48 bits per heavy atom. The average molecular weight is 354 g/mol. The van der Waals surface area contributed by atoms with Crippen molar-refractivity contribution in [3.8, 4) is 11.5 Å². The minimum atomic E-state index is -1.18. The predicted octanol–water partition coefficient (Wildman–Crippen LogP) is 3.67. The van der Waals surface area contributed by atoms with E-state index < -0.39 is 5.97 Å². The van der Waals surface area contributed by atoms with Gasteiger partial charge in [-0.25, -0.2) is 4.79 Å². The first-order valence-corrected chi connectivity index (χ1v) is 7.64. The molecule has 0 unspecified atom stereocenters. The Kier molecular flexibility index (Phi) is 4.00. The highest BCUT2D eigenvalue weighted by Gasteiger charge is 2.24. The second-order valence-electron chi connectivity index (χ2n) is 5.32. The van der Waals surface area contributed by atoms with Crippen molar-refractivity contribution in [3.63, 3.8) is 0 Å². The Hall–Kier alpha value is -2.11. The maximum Gasteiger partial charge on any atom is 0.339 e. The molecule has 0 saturated carbocycles. The molecule has 0 spiro atoms. The van der Waals surface area contributed by atoms with E-state index in [1.807, 2.05) is 4.90 Å². The number of rotatable bonds is 2. The van der Waals surface area contributed by atoms with Crippen LogP contribution >= 0.6 is 23.2 Å². The zero-order valence-corrected chi connectivity index (χ0v) is 13.4. The molecule has 3 N–H and O–H groups in total. The van der Waals surface area contributed by atoms with Gasteiger partial charge < -0.3 is 20.2 Å². The van der Waals surface area contributed by atoms with Crippen LogP contribution in [-0.4, -0.2) is 27.8 Å². The monoisotopic (exact) mass is 353 g/mol. The van der Waals surface area contributed by atoms with Gasteiger partial charge in [-0.1, -0.05) is 23.2 Å². The molecule has 1 heterocycles. The number of hydrogen-bond donors (Lipinski definition) is 3. The normalized spacial score (nSPS) is 13.7. The van der Waals surface area contributed by atoms with E-state index in [2.05, 4.69) is 0 Å². The van der Waals surface area contributed by atoms with Crippen LogP contribution < -0.4 is 4.90 Å². The number of carboxylic acid groups (broad SMARTS) is 1. The third-order valence-corrected chi connectivity index (χ3v) is 4.60. The molecule has 7 heteroatoms. The highest BCUT2D eigenvalue weighted by atomic mass is 35.5. The number of benzene rings is 2. The summed E-state index contributed by atoms with van der Waals surface area (Å²) in [6.07, 6.45) is 0.545. The number of nitrogens with zero attached hydrogens (tertiary/aromatic N) is 1. The smallest absolute Gasteiger partial charge is 0.339 e. The van der Waals surface area contributed by atoms with Gasteiger partial charge in [-0.2, -0.15) is 0 Å². The molecule has 0 aliphatic carbocycles. The van der Waals surface area contributed by atoms with Crippen LogP contribution in [0.1, 0.15) is 21.5 Å². The molecule has 23 heavy (non-hydrogen) atoms. The van der Waals surface area contributed by atoms with Crippen LogP contribution in [0.4, 0.5) is 5.69 Å². The fourth-order valence-corrected chi connectivity index (χ4v) is 3.33. The van der Waals surface area contributed by atoms with Gasteiger partial charge >= 0.3 is 5.97 Å². The molecule has 0 amide bonds. The van der Waals surface area contributed by atoms with Gasteiger partial charge in [0.25, 0.3) is 0 Å². The van der Waals surface area contributed by atoms with E-state index in [-0.39, 0.29) is 22.1 Å². The number of fused-ring (bicyclic) bond motifs is 1. The van der Waals surface area contributed by atoms with Crippen LogP contribution in [0, 0.1) is 0 Å². The van der Waals surface area contributed by atoms with Gasteiger partial charge in [-0.05, 0) is 30.2 Å². The highest BCUT2D eigenvalue weighted by Crippen LogP contribution is 2.39. The molecular formula is C16H13Cl2NO4. The number of phenols is 2. The summed E-state index contributed by atoms with van der Waals surface area (Å²) in [6.45, 7) is 1.02. The SMILES string of the molecule is O=C(O)c1ccc(N2CCc3c(O)c(Cl)cc(Cl)c3C2)cc1O. The number of aromatic carboxylic acids is 1. The van der Waals surface area contributed by atoms with Crippen LogP contribution in [0.2, 0.25) is 10.0 Å². The maximum atomic E-state index is 11.0. The van der Waals surface area contributed by atoms with E-state index in [1.165, 1.54) is 18.2 Å². The van der Waals surface area contributed by atoms with Gasteiger partial charge in [0.15, 0.2) is 0 Å². The quantitative estimate of drug-likeness (QED) is 0.767. The first kappa shape index (κ1) is 15.8. The topological polar surface area (TPSA) is 81.0 Å². The lowest BCUT2D eigenvalue weighted by atomic mass is 9.98. The highest BCUT2D eigenvalue weighted by molar-refractivity contribution is 6.36. The van der Waals surface area contributed by atoms with Gasteiger partial charge in [-0.15, -0.1) is 0 Å². The average Bonchev–Trinajstić information content (AvgIpc) is 2.52. The lowest BCUT2D eigenvalue weighted by molar-refractivity contribution is 0.0694. The van der Waals surface area contributed by atoms with E-state index in [1.54, 1.807) is 6.07 Å². The summed E-state index contributed by atoms with van der Waals surface area (Å²) in [5.41, 5.74) is 2.05. The van der Waals surface area contributed by atoms with E-state index in [0.29, 0.717) is 30.2 Å². The molecule has 2 aromatic rings. The molecule has 0 radical (unpaired) electrons. The Morgan fingerprint density at radius 2 is 1.83 bits per heavy atom. The van der Waals surface area contributed by atoms with Crippen molar-refractivity contribution < 1.29 is 20.1 Å². The molecule has 0 saturated heterocycles. The van der Waals surface area contributed by atoms with Crippen LogP contribution in [-0.2, 0) is 13.0 Å². The molecular weight excluding hydrogens is 341 g/mol. The maximum absolute atomic E-state index is 11.0.